The second kappa shape index (κ2) is 8.09. The van der Waals surface area contributed by atoms with Crippen LogP contribution in [0.2, 0.25) is 0 Å². The topological polar surface area (TPSA) is 44.8 Å². The molecule has 2 rings (SSSR count). The summed E-state index contributed by atoms with van der Waals surface area (Å²) in [5.41, 5.74) is 0. The van der Waals surface area contributed by atoms with E-state index in [0.29, 0.717) is 18.4 Å². The number of nitrogens with one attached hydrogen (secondary N) is 1. The number of ether oxygens (including phenoxy) is 1. The molecule has 0 aromatic carbocycles. The standard InChI is InChI=1S/C13H25N3O2S/c1-18-8-7-15-3-5-16(6-4-15)13(17)10-12-11-19-9-2-14-12/h12,14H,2-11H2,1H3. The summed E-state index contributed by atoms with van der Waals surface area (Å²) in [5.74, 6) is 2.55. The maximum absolute atomic E-state index is 12.2. The van der Waals surface area contributed by atoms with Crippen molar-refractivity contribution >= 4 is 17.7 Å². The molecule has 6 heteroatoms. The number of thioether (sulfide) groups is 1. The minimum atomic E-state index is 0.311. The molecule has 19 heavy (non-hydrogen) atoms. The SMILES string of the molecule is COCCN1CCN(C(=O)CC2CSCCN2)CC1. The lowest BCUT2D eigenvalue weighted by atomic mass is 10.2. The van der Waals surface area contributed by atoms with Crippen LogP contribution in [0.25, 0.3) is 0 Å². The number of piperazine rings is 1. The van der Waals surface area contributed by atoms with Crippen LogP contribution in [-0.4, -0.2) is 86.2 Å². The molecule has 2 aliphatic rings. The van der Waals surface area contributed by atoms with Gasteiger partial charge in [0.25, 0.3) is 0 Å². The Hall–Kier alpha value is -0.300. The first-order chi connectivity index (χ1) is 9.29. The third kappa shape index (κ3) is 4.95. The van der Waals surface area contributed by atoms with Gasteiger partial charge in [0.2, 0.25) is 5.91 Å². The number of carbonyl (C=O) groups excluding carboxylic acids is 1. The van der Waals surface area contributed by atoms with Gasteiger partial charge in [-0.05, 0) is 0 Å². The normalized spacial score (nSPS) is 25.5. The Morgan fingerprint density at radius 3 is 2.79 bits per heavy atom. The second-order valence-electron chi connectivity index (χ2n) is 5.15. The zero-order valence-electron chi connectivity index (χ0n) is 11.8. The van der Waals surface area contributed by atoms with Crippen molar-refractivity contribution in [3.63, 3.8) is 0 Å². The fourth-order valence-corrected chi connectivity index (χ4v) is 3.48. The molecule has 0 bridgehead atoms. The Bertz CT molecular complexity index is 277. The predicted molar refractivity (Wildman–Crippen MR) is 78.6 cm³/mol. The van der Waals surface area contributed by atoms with E-state index in [-0.39, 0.29) is 0 Å². The minimum Gasteiger partial charge on any atom is -0.383 e. The van der Waals surface area contributed by atoms with Crippen LogP contribution in [0.3, 0.4) is 0 Å². The van der Waals surface area contributed by atoms with Gasteiger partial charge in [-0.2, -0.15) is 11.8 Å². The Labute approximate surface area is 120 Å². The Morgan fingerprint density at radius 2 is 2.16 bits per heavy atom. The molecule has 0 saturated carbocycles. The van der Waals surface area contributed by atoms with Crippen molar-refractivity contribution in [3.05, 3.63) is 0 Å². The number of hydrogen-bond acceptors (Lipinski definition) is 5. The van der Waals surface area contributed by atoms with Gasteiger partial charge in [0.05, 0.1) is 6.61 Å². The Morgan fingerprint density at radius 1 is 1.37 bits per heavy atom. The highest BCUT2D eigenvalue weighted by Crippen LogP contribution is 2.12. The first kappa shape index (κ1) is 15.1. The van der Waals surface area contributed by atoms with Crippen molar-refractivity contribution in [2.45, 2.75) is 12.5 Å². The summed E-state index contributed by atoms with van der Waals surface area (Å²) >= 11 is 1.95. The molecule has 2 saturated heterocycles. The summed E-state index contributed by atoms with van der Waals surface area (Å²) in [6.07, 6.45) is 0.658. The fraction of sp³-hybridized carbons (Fsp3) is 0.923. The Kier molecular flexibility index (Phi) is 6.43. The van der Waals surface area contributed by atoms with Crippen molar-refractivity contribution in [1.29, 1.82) is 0 Å². The summed E-state index contributed by atoms with van der Waals surface area (Å²) < 4.78 is 5.09. The quantitative estimate of drug-likeness (QED) is 0.763. The van der Waals surface area contributed by atoms with Crippen molar-refractivity contribution in [1.82, 2.24) is 15.1 Å². The van der Waals surface area contributed by atoms with Crippen LogP contribution in [0.5, 0.6) is 0 Å². The summed E-state index contributed by atoms with van der Waals surface area (Å²) in [5, 5.41) is 3.43. The fourth-order valence-electron chi connectivity index (χ4n) is 2.53. The van der Waals surface area contributed by atoms with E-state index in [0.717, 1.165) is 51.6 Å². The van der Waals surface area contributed by atoms with Gasteiger partial charge in [-0.15, -0.1) is 0 Å². The maximum atomic E-state index is 12.2. The van der Waals surface area contributed by atoms with E-state index in [4.69, 9.17) is 4.74 Å². The molecule has 0 radical (unpaired) electrons. The van der Waals surface area contributed by atoms with Gasteiger partial charge in [-0.25, -0.2) is 0 Å². The number of methoxy groups -OCH3 is 1. The second-order valence-corrected chi connectivity index (χ2v) is 6.30. The molecule has 1 amide bonds. The molecule has 1 N–H and O–H groups in total. The number of carbonyl (C=O) groups is 1. The zero-order chi connectivity index (χ0) is 13.5. The van der Waals surface area contributed by atoms with Gasteiger partial charge in [0.1, 0.15) is 0 Å². The molecule has 2 aliphatic heterocycles. The third-order valence-corrected chi connectivity index (χ3v) is 4.89. The summed E-state index contributed by atoms with van der Waals surface area (Å²) in [6, 6.07) is 0.373. The van der Waals surface area contributed by atoms with E-state index in [1.165, 1.54) is 5.75 Å². The van der Waals surface area contributed by atoms with Crippen molar-refractivity contribution < 1.29 is 9.53 Å². The lowest BCUT2D eigenvalue weighted by Crippen LogP contribution is -2.51. The van der Waals surface area contributed by atoms with E-state index in [9.17, 15) is 4.79 Å². The van der Waals surface area contributed by atoms with Crippen molar-refractivity contribution in [2.24, 2.45) is 0 Å². The summed E-state index contributed by atoms with van der Waals surface area (Å²) in [6.45, 7) is 6.46. The highest BCUT2D eigenvalue weighted by atomic mass is 32.2. The largest absolute Gasteiger partial charge is 0.383 e. The number of rotatable bonds is 5. The first-order valence-corrected chi connectivity index (χ1v) is 8.25. The maximum Gasteiger partial charge on any atom is 0.224 e. The average molecular weight is 287 g/mol. The van der Waals surface area contributed by atoms with Gasteiger partial charge in [-0.3, -0.25) is 9.69 Å². The van der Waals surface area contributed by atoms with Crippen LogP contribution in [-0.2, 0) is 9.53 Å². The molecule has 1 unspecified atom stereocenters. The van der Waals surface area contributed by atoms with Crippen molar-refractivity contribution in [2.75, 3.05) is 64.5 Å². The molecule has 110 valence electrons. The van der Waals surface area contributed by atoms with Crippen molar-refractivity contribution in [3.8, 4) is 0 Å². The van der Waals surface area contributed by atoms with Gasteiger partial charge >= 0.3 is 0 Å². The highest BCUT2D eigenvalue weighted by molar-refractivity contribution is 7.99. The van der Waals surface area contributed by atoms with Crippen LogP contribution in [0.15, 0.2) is 0 Å². The summed E-state index contributed by atoms with van der Waals surface area (Å²) in [7, 11) is 1.73. The number of amides is 1. The zero-order valence-corrected chi connectivity index (χ0v) is 12.6. The number of hydrogen-bond donors (Lipinski definition) is 1. The van der Waals surface area contributed by atoms with Gasteiger partial charge in [0.15, 0.2) is 0 Å². The lowest BCUT2D eigenvalue weighted by Gasteiger charge is -2.35. The lowest BCUT2D eigenvalue weighted by molar-refractivity contribution is -0.133. The predicted octanol–water partition coefficient (Wildman–Crippen LogP) is -0.128. The highest BCUT2D eigenvalue weighted by Gasteiger charge is 2.24. The van der Waals surface area contributed by atoms with Gasteiger partial charge in [-0.1, -0.05) is 0 Å². The van der Waals surface area contributed by atoms with Gasteiger partial charge in [0, 0.05) is 70.3 Å². The smallest absolute Gasteiger partial charge is 0.224 e. The van der Waals surface area contributed by atoms with Gasteiger partial charge < -0.3 is 15.0 Å². The molecule has 5 nitrogen and oxygen atoms in total. The molecule has 0 spiro atoms. The van der Waals surface area contributed by atoms with Crippen LogP contribution >= 0.6 is 11.8 Å². The first-order valence-electron chi connectivity index (χ1n) is 7.10. The van der Waals surface area contributed by atoms with E-state index >= 15 is 0 Å². The molecule has 0 aromatic rings. The van der Waals surface area contributed by atoms with Crippen LogP contribution < -0.4 is 5.32 Å². The molecular formula is C13H25N3O2S. The number of nitrogens with zero attached hydrogens (tertiary/aromatic N) is 2. The minimum absolute atomic E-state index is 0.311. The van der Waals surface area contributed by atoms with Crippen LogP contribution in [0.4, 0.5) is 0 Å². The molecule has 2 fully saturated rings. The van der Waals surface area contributed by atoms with Crippen LogP contribution in [0.1, 0.15) is 6.42 Å². The Balaban J connectivity index is 1.67. The molecule has 1 atom stereocenters. The third-order valence-electron chi connectivity index (χ3n) is 3.76. The molecule has 2 heterocycles. The van der Waals surface area contributed by atoms with E-state index < -0.39 is 0 Å². The molecular weight excluding hydrogens is 262 g/mol. The molecule has 0 aromatic heterocycles. The van der Waals surface area contributed by atoms with E-state index in [1.54, 1.807) is 7.11 Å². The monoisotopic (exact) mass is 287 g/mol. The summed E-state index contributed by atoms with van der Waals surface area (Å²) in [4.78, 5) is 16.6. The average Bonchev–Trinajstić information content (AvgIpc) is 2.46. The molecule has 0 aliphatic carbocycles. The van der Waals surface area contributed by atoms with E-state index in [1.807, 2.05) is 16.7 Å². The van der Waals surface area contributed by atoms with E-state index in [2.05, 4.69) is 10.2 Å². The van der Waals surface area contributed by atoms with Crippen LogP contribution in [0, 0.1) is 0 Å².